The van der Waals surface area contributed by atoms with Crippen LogP contribution in [0.1, 0.15) is 29.3 Å². The summed E-state index contributed by atoms with van der Waals surface area (Å²) in [5, 5.41) is 0. The van der Waals surface area contributed by atoms with Crippen LogP contribution in [0, 0.1) is 0 Å². The monoisotopic (exact) mass is 326 g/mol. The zero-order chi connectivity index (χ0) is 16.8. The Bertz CT molecular complexity index is 688. The molecule has 2 aromatic rings. The molecule has 5 nitrogen and oxygen atoms in total. The summed E-state index contributed by atoms with van der Waals surface area (Å²) in [4.78, 5) is 18.7. The van der Waals surface area contributed by atoms with E-state index in [1.807, 2.05) is 36.1 Å². The highest BCUT2D eigenvalue weighted by atomic mass is 16.5. The number of rotatable bonds is 5. The van der Waals surface area contributed by atoms with Crippen LogP contribution in [0.25, 0.3) is 0 Å². The van der Waals surface area contributed by atoms with Crippen molar-refractivity contribution >= 4 is 5.91 Å². The first-order valence-corrected chi connectivity index (χ1v) is 8.35. The van der Waals surface area contributed by atoms with Crippen LogP contribution in [-0.4, -0.2) is 42.1 Å². The number of pyridine rings is 1. The minimum atomic E-state index is 0.0159. The number of benzene rings is 1. The number of hydrogen-bond acceptors (Lipinski definition) is 4. The van der Waals surface area contributed by atoms with Gasteiger partial charge in [-0.15, -0.1) is 0 Å². The summed E-state index contributed by atoms with van der Waals surface area (Å²) >= 11 is 0. The lowest BCUT2D eigenvalue weighted by Gasteiger charge is -2.21. The van der Waals surface area contributed by atoms with Gasteiger partial charge in [-0.25, -0.2) is 0 Å². The van der Waals surface area contributed by atoms with E-state index in [0.717, 1.165) is 12.8 Å². The zero-order valence-electron chi connectivity index (χ0n) is 13.9. The quantitative estimate of drug-likeness (QED) is 0.848. The summed E-state index contributed by atoms with van der Waals surface area (Å²) in [6.07, 6.45) is 5.21. The van der Waals surface area contributed by atoms with E-state index in [-0.39, 0.29) is 5.91 Å². The predicted octanol–water partition coefficient (Wildman–Crippen LogP) is 2.95. The molecule has 0 N–H and O–H groups in total. The van der Waals surface area contributed by atoms with Gasteiger partial charge in [0.05, 0.1) is 13.2 Å². The fraction of sp³-hybridized carbons (Fsp3) is 0.368. The van der Waals surface area contributed by atoms with Gasteiger partial charge in [-0.05, 0) is 49.2 Å². The molecule has 0 fully saturated rings. The van der Waals surface area contributed by atoms with Crippen molar-refractivity contribution in [2.24, 2.45) is 0 Å². The first kappa shape index (κ1) is 16.3. The lowest BCUT2D eigenvalue weighted by Crippen LogP contribution is -2.32. The van der Waals surface area contributed by atoms with Gasteiger partial charge in [-0.1, -0.05) is 0 Å². The van der Waals surface area contributed by atoms with Crippen molar-refractivity contribution in [1.29, 1.82) is 0 Å². The molecule has 1 aromatic heterocycles. The molecular weight excluding hydrogens is 304 g/mol. The Balaban J connectivity index is 1.70. The molecule has 0 bridgehead atoms. The Morgan fingerprint density at radius 1 is 1.12 bits per heavy atom. The minimum absolute atomic E-state index is 0.0159. The molecule has 24 heavy (non-hydrogen) atoms. The Labute approximate surface area is 142 Å². The third-order valence-corrected chi connectivity index (χ3v) is 4.08. The van der Waals surface area contributed by atoms with Crippen molar-refractivity contribution in [3.63, 3.8) is 0 Å². The summed E-state index contributed by atoms with van der Waals surface area (Å²) in [6.45, 7) is 4.59. The third-order valence-electron chi connectivity index (χ3n) is 4.08. The molecule has 1 aromatic carbocycles. The minimum Gasteiger partial charge on any atom is -0.490 e. The van der Waals surface area contributed by atoms with Gasteiger partial charge in [0.25, 0.3) is 5.91 Å². The largest absolute Gasteiger partial charge is 0.490 e. The van der Waals surface area contributed by atoms with Crippen molar-refractivity contribution in [2.45, 2.75) is 19.8 Å². The van der Waals surface area contributed by atoms with Crippen molar-refractivity contribution in [2.75, 3.05) is 26.3 Å². The number of ether oxygens (including phenoxy) is 2. The number of amides is 1. The number of aromatic nitrogens is 1. The SMILES string of the molecule is CCN(CCc1ccncc1)C(=O)c1ccc2c(c1)OCCCO2. The molecule has 1 aliphatic rings. The Morgan fingerprint density at radius 3 is 2.62 bits per heavy atom. The average molecular weight is 326 g/mol. The van der Waals surface area contributed by atoms with E-state index < -0.39 is 0 Å². The smallest absolute Gasteiger partial charge is 0.253 e. The van der Waals surface area contributed by atoms with Gasteiger partial charge in [0, 0.05) is 37.5 Å². The number of carbonyl (C=O) groups excluding carboxylic acids is 1. The second kappa shape index (κ2) is 7.81. The number of fused-ring (bicyclic) bond motifs is 1. The van der Waals surface area contributed by atoms with Gasteiger partial charge in [0.2, 0.25) is 0 Å². The second-order valence-electron chi connectivity index (χ2n) is 5.70. The first-order chi connectivity index (χ1) is 11.8. The fourth-order valence-corrected chi connectivity index (χ4v) is 2.70. The number of nitrogens with zero attached hydrogens (tertiary/aromatic N) is 2. The molecule has 0 radical (unpaired) electrons. The molecular formula is C19H22N2O3. The van der Waals surface area contributed by atoms with Crippen molar-refractivity contribution in [1.82, 2.24) is 9.88 Å². The average Bonchev–Trinajstić information content (AvgIpc) is 2.87. The molecule has 0 unspecified atom stereocenters. The number of carbonyl (C=O) groups is 1. The van der Waals surface area contributed by atoms with Crippen LogP contribution in [0.4, 0.5) is 0 Å². The van der Waals surface area contributed by atoms with E-state index in [1.165, 1.54) is 5.56 Å². The molecule has 0 aliphatic carbocycles. The molecule has 3 rings (SSSR count). The molecule has 0 atom stereocenters. The summed E-state index contributed by atoms with van der Waals surface area (Å²) in [7, 11) is 0. The molecule has 126 valence electrons. The van der Waals surface area contributed by atoms with E-state index in [1.54, 1.807) is 18.5 Å². The molecule has 0 saturated heterocycles. The first-order valence-electron chi connectivity index (χ1n) is 8.35. The summed E-state index contributed by atoms with van der Waals surface area (Å²) < 4.78 is 11.3. The van der Waals surface area contributed by atoms with Crippen LogP contribution >= 0.6 is 0 Å². The molecule has 1 amide bonds. The molecule has 2 heterocycles. The standard InChI is InChI=1S/C19H22N2O3/c1-2-21(11-8-15-6-9-20-10-7-15)19(22)16-4-5-17-18(14-16)24-13-3-12-23-17/h4-7,9-10,14H,2-3,8,11-13H2,1H3. The van der Waals surface area contributed by atoms with Crippen LogP contribution in [0.5, 0.6) is 11.5 Å². The van der Waals surface area contributed by atoms with Gasteiger partial charge in [-0.3, -0.25) is 9.78 Å². The molecule has 1 aliphatic heterocycles. The van der Waals surface area contributed by atoms with Crippen LogP contribution in [-0.2, 0) is 6.42 Å². The maximum Gasteiger partial charge on any atom is 0.253 e. The van der Waals surface area contributed by atoms with Crippen molar-refractivity contribution in [3.05, 3.63) is 53.9 Å². The summed E-state index contributed by atoms with van der Waals surface area (Å²) in [5.41, 5.74) is 1.81. The van der Waals surface area contributed by atoms with Gasteiger partial charge in [0.1, 0.15) is 0 Å². The molecule has 0 spiro atoms. The Hall–Kier alpha value is -2.56. The van der Waals surface area contributed by atoms with Gasteiger partial charge >= 0.3 is 0 Å². The topological polar surface area (TPSA) is 51.7 Å². The van der Waals surface area contributed by atoms with Crippen molar-refractivity contribution in [3.8, 4) is 11.5 Å². The van der Waals surface area contributed by atoms with Crippen LogP contribution in [0.2, 0.25) is 0 Å². The fourth-order valence-electron chi connectivity index (χ4n) is 2.70. The molecule has 5 heteroatoms. The highest BCUT2D eigenvalue weighted by molar-refractivity contribution is 5.95. The van der Waals surface area contributed by atoms with E-state index in [2.05, 4.69) is 4.98 Å². The van der Waals surface area contributed by atoms with E-state index in [9.17, 15) is 4.79 Å². The maximum atomic E-state index is 12.8. The van der Waals surface area contributed by atoms with Crippen LogP contribution in [0.3, 0.4) is 0 Å². The van der Waals surface area contributed by atoms with Crippen molar-refractivity contribution < 1.29 is 14.3 Å². The van der Waals surface area contributed by atoms with E-state index in [0.29, 0.717) is 43.4 Å². The normalized spacial score (nSPS) is 13.2. The highest BCUT2D eigenvalue weighted by Gasteiger charge is 2.18. The van der Waals surface area contributed by atoms with Gasteiger partial charge in [-0.2, -0.15) is 0 Å². The predicted molar refractivity (Wildman–Crippen MR) is 91.6 cm³/mol. The number of hydrogen-bond donors (Lipinski definition) is 0. The summed E-state index contributed by atoms with van der Waals surface area (Å²) in [5.74, 6) is 1.38. The maximum absolute atomic E-state index is 12.8. The number of likely N-dealkylation sites (N-methyl/N-ethyl adjacent to an activating group) is 1. The van der Waals surface area contributed by atoms with E-state index >= 15 is 0 Å². The Kier molecular flexibility index (Phi) is 5.31. The van der Waals surface area contributed by atoms with E-state index in [4.69, 9.17) is 9.47 Å². The lowest BCUT2D eigenvalue weighted by molar-refractivity contribution is 0.0765. The third kappa shape index (κ3) is 3.85. The molecule has 0 saturated carbocycles. The highest BCUT2D eigenvalue weighted by Crippen LogP contribution is 2.30. The van der Waals surface area contributed by atoms with Gasteiger partial charge in [0.15, 0.2) is 11.5 Å². The lowest BCUT2D eigenvalue weighted by atomic mass is 10.1. The van der Waals surface area contributed by atoms with Gasteiger partial charge < -0.3 is 14.4 Å². The summed E-state index contributed by atoms with van der Waals surface area (Å²) in [6, 6.07) is 9.38. The Morgan fingerprint density at radius 2 is 1.88 bits per heavy atom. The van der Waals surface area contributed by atoms with Crippen LogP contribution in [0.15, 0.2) is 42.7 Å². The second-order valence-corrected chi connectivity index (χ2v) is 5.70. The zero-order valence-corrected chi connectivity index (χ0v) is 13.9. The van der Waals surface area contributed by atoms with Crippen LogP contribution < -0.4 is 9.47 Å².